The third-order valence-electron chi connectivity index (χ3n) is 2.09. The van der Waals surface area contributed by atoms with Crippen LogP contribution in [0.3, 0.4) is 0 Å². The number of aliphatic hydroxyl groups excluding tert-OH is 2. The van der Waals surface area contributed by atoms with Gasteiger partial charge in [-0.3, -0.25) is 10.0 Å². The summed E-state index contributed by atoms with van der Waals surface area (Å²) in [5, 5.41) is 27.7. The van der Waals surface area contributed by atoms with Crippen LogP contribution >= 0.6 is 0 Å². The fraction of sp³-hybridized carbons (Fsp3) is 0.222. The normalized spacial score (nSPS) is 19.8. The number of hydroxylamine groups is 1. The van der Waals surface area contributed by atoms with E-state index >= 15 is 0 Å². The molecule has 0 aromatic heterocycles. The molecule has 6 heteroatoms. The Morgan fingerprint density at radius 1 is 1.47 bits per heavy atom. The molecule has 1 amide bonds. The van der Waals surface area contributed by atoms with E-state index in [9.17, 15) is 10.0 Å². The molecule has 6 nitrogen and oxygen atoms in total. The molecule has 3 N–H and O–H groups in total. The third kappa shape index (κ3) is 1.54. The predicted molar refractivity (Wildman–Crippen MR) is 48.3 cm³/mol. The molecule has 1 atom stereocenters. The number of aliphatic hydroxyl groups is 2. The SMILES string of the molecule is O=C1C(O)Oc2cc(CO)ccc2N1O. The van der Waals surface area contributed by atoms with Gasteiger partial charge in [-0.2, -0.15) is 5.06 Å². The molecular formula is C9H9NO5. The summed E-state index contributed by atoms with van der Waals surface area (Å²) < 4.78 is 4.85. The Hall–Kier alpha value is -1.63. The van der Waals surface area contributed by atoms with Crippen LogP contribution in [0.2, 0.25) is 0 Å². The van der Waals surface area contributed by atoms with E-state index in [0.717, 1.165) is 0 Å². The van der Waals surface area contributed by atoms with Gasteiger partial charge in [0, 0.05) is 0 Å². The van der Waals surface area contributed by atoms with Crippen LogP contribution < -0.4 is 9.80 Å². The number of anilines is 1. The minimum atomic E-state index is -1.71. The highest BCUT2D eigenvalue weighted by molar-refractivity contribution is 5.96. The third-order valence-corrected chi connectivity index (χ3v) is 2.09. The first-order chi connectivity index (χ1) is 7.13. The predicted octanol–water partition coefficient (Wildman–Crippen LogP) is -0.388. The Labute approximate surface area is 84.9 Å². The number of amides is 1. The van der Waals surface area contributed by atoms with Gasteiger partial charge in [0.1, 0.15) is 11.4 Å². The van der Waals surface area contributed by atoms with E-state index in [0.29, 0.717) is 10.6 Å². The molecule has 15 heavy (non-hydrogen) atoms. The average molecular weight is 211 g/mol. The van der Waals surface area contributed by atoms with Crippen LogP contribution in [0, 0.1) is 0 Å². The number of carbonyl (C=O) groups is 1. The molecule has 1 heterocycles. The zero-order chi connectivity index (χ0) is 11.0. The van der Waals surface area contributed by atoms with E-state index in [4.69, 9.17) is 14.9 Å². The first kappa shape index (κ1) is 9.91. The van der Waals surface area contributed by atoms with Crippen LogP contribution in [0.4, 0.5) is 5.69 Å². The van der Waals surface area contributed by atoms with Crippen LogP contribution in [0.5, 0.6) is 5.75 Å². The summed E-state index contributed by atoms with van der Waals surface area (Å²) in [6, 6.07) is 4.40. The molecule has 2 rings (SSSR count). The Morgan fingerprint density at radius 2 is 2.20 bits per heavy atom. The maximum Gasteiger partial charge on any atom is 0.320 e. The van der Waals surface area contributed by atoms with Crippen LogP contribution in [0.25, 0.3) is 0 Å². The first-order valence-corrected chi connectivity index (χ1v) is 4.25. The summed E-state index contributed by atoms with van der Waals surface area (Å²) in [7, 11) is 0. The van der Waals surface area contributed by atoms with E-state index in [-0.39, 0.29) is 18.0 Å². The number of ether oxygens (including phenoxy) is 1. The van der Waals surface area contributed by atoms with E-state index in [1.807, 2.05) is 0 Å². The standard InChI is InChI=1S/C9H9NO5/c11-4-5-1-2-6-7(3-5)15-9(13)8(12)10(6)14/h1-3,9,11,13-14H,4H2. The highest BCUT2D eigenvalue weighted by Gasteiger charge is 2.32. The number of rotatable bonds is 1. The second-order valence-corrected chi connectivity index (χ2v) is 3.08. The van der Waals surface area contributed by atoms with E-state index in [1.54, 1.807) is 0 Å². The molecule has 1 unspecified atom stereocenters. The molecule has 0 saturated carbocycles. The summed E-state index contributed by atoms with van der Waals surface area (Å²) in [5.74, 6) is -0.796. The summed E-state index contributed by atoms with van der Waals surface area (Å²) in [6.45, 7) is -0.188. The molecule has 1 aliphatic rings. The summed E-state index contributed by atoms with van der Waals surface area (Å²) in [4.78, 5) is 11.1. The lowest BCUT2D eigenvalue weighted by atomic mass is 10.2. The van der Waals surface area contributed by atoms with Crippen LogP contribution in [0.1, 0.15) is 5.56 Å². The molecule has 0 spiro atoms. The number of benzene rings is 1. The van der Waals surface area contributed by atoms with Gasteiger partial charge in [0.25, 0.3) is 6.29 Å². The monoisotopic (exact) mass is 211 g/mol. The number of hydrogen-bond acceptors (Lipinski definition) is 5. The van der Waals surface area contributed by atoms with Gasteiger partial charge < -0.3 is 14.9 Å². The van der Waals surface area contributed by atoms with Gasteiger partial charge in [0.05, 0.1) is 6.61 Å². The van der Waals surface area contributed by atoms with Crippen molar-refractivity contribution in [1.82, 2.24) is 0 Å². The summed E-state index contributed by atoms with van der Waals surface area (Å²) in [5.41, 5.74) is 0.700. The van der Waals surface area contributed by atoms with E-state index < -0.39 is 12.2 Å². The van der Waals surface area contributed by atoms with Crippen molar-refractivity contribution in [3.63, 3.8) is 0 Å². The fourth-order valence-corrected chi connectivity index (χ4v) is 1.32. The maximum atomic E-state index is 11.1. The molecule has 1 aromatic carbocycles. The van der Waals surface area contributed by atoms with Gasteiger partial charge in [0.15, 0.2) is 0 Å². The Bertz CT molecular complexity index is 405. The van der Waals surface area contributed by atoms with Gasteiger partial charge in [-0.15, -0.1) is 0 Å². The lowest BCUT2D eigenvalue weighted by Gasteiger charge is -2.27. The molecule has 0 aliphatic carbocycles. The van der Waals surface area contributed by atoms with Crippen molar-refractivity contribution in [2.75, 3.05) is 5.06 Å². The second kappa shape index (κ2) is 3.50. The highest BCUT2D eigenvalue weighted by atomic mass is 16.6. The number of nitrogens with zero attached hydrogens (tertiary/aromatic N) is 1. The molecule has 80 valence electrons. The number of carbonyl (C=O) groups excluding carboxylic acids is 1. The minimum Gasteiger partial charge on any atom is -0.453 e. The van der Waals surface area contributed by atoms with Gasteiger partial charge >= 0.3 is 5.91 Å². The molecule has 0 bridgehead atoms. The minimum absolute atomic E-state index is 0.141. The average Bonchev–Trinajstić information content (AvgIpc) is 2.25. The van der Waals surface area contributed by atoms with Crippen molar-refractivity contribution in [3.8, 4) is 5.75 Å². The zero-order valence-electron chi connectivity index (χ0n) is 7.62. The topological polar surface area (TPSA) is 90.2 Å². The van der Waals surface area contributed by atoms with Crippen molar-refractivity contribution >= 4 is 11.6 Å². The van der Waals surface area contributed by atoms with E-state index in [1.165, 1.54) is 18.2 Å². The second-order valence-electron chi connectivity index (χ2n) is 3.08. The maximum absolute atomic E-state index is 11.1. The smallest absolute Gasteiger partial charge is 0.320 e. The molecular weight excluding hydrogens is 202 g/mol. The molecule has 0 fully saturated rings. The lowest BCUT2D eigenvalue weighted by molar-refractivity contribution is -0.148. The van der Waals surface area contributed by atoms with Crippen LogP contribution in [-0.2, 0) is 11.4 Å². The number of fused-ring (bicyclic) bond motifs is 1. The first-order valence-electron chi connectivity index (χ1n) is 4.25. The fourth-order valence-electron chi connectivity index (χ4n) is 1.32. The Balaban J connectivity index is 2.45. The number of hydrogen-bond donors (Lipinski definition) is 3. The zero-order valence-corrected chi connectivity index (χ0v) is 7.62. The molecule has 1 aromatic rings. The molecule has 0 radical (unpaired) electrons. The quantitative estimate of drug-likeness (QED) is 0.550. The molecule has 0 saturated heterocycles. The van der Waals surface area contributed by atoms with Gasteiger partial charge in [0.2, 0.25) is 0 Å². The summed E-state index contributed by atoms with van der Waals surface area (Å²) in [6.07, 6.45) is -1.71. The van der Waals surface area contributed by atoms with Crippen LogP contribution in [-0.4, -0.2) is 27.6 Å². The van der Waals surface area contributed by atoms with Gasteiger partial charge in [-0.25, -0.2) is 0 Å². The van der Waals surface area contributed by atoms with Crippen molar-refractivity contribution in [2.24, 2.45) is 0 Å². The van der Waals surface area contributed by atoms with Crippen LogP contribution in [0.15, 0.2) is 18.2 Å². The molecule has 1 aliphatic heterocycles. The largest absolute Gasteiger partial charge is 0.453 e. The Morgan fingerprint density at radius 3 is 2.87 bits per heavy atom. The summed E-state index contributed by atoms with van der Waals surface area (Å²) >= 11 is 0. The van der Waals surface area contributed by atoms with Crippen molar-refractivity contribution in [1.29, 1.82) is 0 Å². The van der Waals surface area contributed by atoms with E-state index in [2.05, 4.69) is 0 Å². The van der Waals surface area contributed by atoms with Crippen molar-refractivity contribution in [2.45, 2.75) is 12.9 Å². The van der Waals surface area contributed by atoms with Gasteiger partial charge in [-0.1, -0.05) is 6.07 Å². The highest BCUT2D eigenvalue weighted by Crippen LogP contribution is 2.33. The van der Waals surface area contributed by atoms with Gasteiger partial charge in [-0.05, 0) is 17.7 Å². The van der Waals surface area contributed by atoms with Crippen molar-refractivity contribution < 1.29 is 25.0 Å². The van der Waals surface area contributed by atoms with Crippen molar-refractivity contribution in [3.05, 3.63) is 23.8 Å². The lowest BCUT2D eigenvalue weighted by Crippen LogP contribution is -2.43. The Kier molecular flexibility index (Phi) is 2.31.